The van der Waals surface area contributed by atoms with Gasteiger partial charge in [-0.05, 0) is 38.5 Å². The van der Waals surface area contributed by atoms with E-state index in [0.717, 1.165) is 15.7 Å². The fraction of sp³-hybridized carbons (Fsp3) is 0.417. The molecule has 3 N–H and O–H groups in total. The molecule has 4 nitrogen and oxygen atoms in total. The Kier molecular flexibility index (Phi) is 4.54. The van der Waals surface area contributed by atoms with Gasteiger partial charge in [0.2, 0.25) is 0 Å². The number of urea groups is 1. The molecule has 0 spiro atoms. The van der Waals surface area contributed by atoms with Crippen molar-refractivity contribution in [2.45, 2.75) is 26.3 Å². The number of hydrogen-bond donors (Lipinski definition) is 3. The van der Waals surface area contributed by atoms with Gasteiger partial charge in [-0.25, -0.2) is 4.79 Å². The SMILES string of the molecule is Cc1c(Br)cccc1NC(=O)NC(C)(C)CO. The highest BCUT2D eigenvalue weighted by atomic mass is 79.9. The molecule has 0 saturated heterocycles. The third-order valence-electron chi connectivity index (χ3n) is 2.36. The van der Waals surface area contributed by atoms with E-state index in [9.17, 15) is 4.79 Å². The molecule has 0 bridgehead atoms. The Hall–Kier alpha value is -1.07. The van der Waals surface area contributed by atoms with E-state index in [1.165, 1.54) is 0 Å². The summed E-state index contributed by atoms with van der Waals surface area (Å²) in [5.41, 5.74) is 1.07. The zero-order valence-electron chi connectivity index (χ0n) is 10.2. The summed E-state index contributed by atoms with van der Waals surface area (Å²) in [6.07, 6.45) is 0. The van der Waals surface area contributed by atoms with Crippen LogP contribution < -0.4 is 10.6 Å². The van der Waals surface area contributed by atoms with Crippen LogP contribution in [0.2, 0.25) is 0 Å². The van der Waals surface area contributed by atoms with Crippen LogP contribution in [0.3, 0.4) is 0 Å². The van der Waals surface area contributed by atoms with Crippen LogP contribution in [0.5, 0.6) is 0 Å². The van der Waals surface area contributed by atoms with Crippen molar-refractivity contribution in [2.24, 2.45) is 0 Å². The Labute approximate surface area is 110 Å². The van der Waals surface area contributed by atoms with Gasteiger partial charge in [-0.1, -0.05) is 22.0 Å². The Morgan fingerprint density at radius 2 is 2.12 bits per heavy atom. The number of aliphatic hydroxyl groups is 1. The predicted molar refractivity (Wildman–Crippen MR) is 72.2 cm³/mol. The molecule has 0 saturated carbocycles. The lowest BCUT2D eigenvalue weighted by Crippen LogP contribution is -2.48. The molecular weight excluding hydrogens is 284 g/mol. The van der Waals surface area contributed by atoms with E-state index in [4.69, 9.17) is 5.11 Å². The van der Waals surface area contributed by atoms with Crippen LogP contribution in [0.25, 0.3) is 0 Å². The Morgan fingerprint density at radius 3 is 2.71 bits per heavy atom. The van der Waals surface area contributed by atoms with Crippen molar-refractivity contribution in [3.8, 4) is 0 Å². The molecule has 1 aromatic rings. The fourth-order valence-corrected chi connectivity index (χ4v) is 1.61. The molecule has 94 valence electrons. The van der Waals surface area contributed by atoms with Gasteiger partial charge < -0.3 is 15.7 Å². The largest absolute Gasteiger partial charge is 0.394 e. The van der Waals surface area contributed by atoms with Gasteiger partial charge in [0.1, 0.15) is 0 Å². The Bertz CT molecular complexity index is 419. The zero-order chi connectivity index (χ0) is 13.1. The number of carbonyl (C=O) groups is 1. The van der Waals surface area contributed by atoms with E-state index >= 15 is 0 Å². The Morgan fingerprint density at radius 1 is 1.47 bits per heavy atom. The summed E-state index contributed by atoms with van der Waals surface area (Å²) in [6.45, 7) is 5.30. The van der Waals surface area contributed by atoms with Crippen molar-refractivity contribution in [3.05, 3.63) is 28.2 Å². The van der Waals surface area contributed by atoms with Crippen LogP contribution in [0.4, 0.5) is 10.5 Å². The topological polar surface area (TPSA) is 61.4 Å². The van der Waals surface area contributed by atoms with Gasteiger partial charge in [0.25, 0.3) is 0 Å². The predicted octanol–water partition coefficient (Wildman–Crippen LogP) is 2.65. The molecular formula is C12H17BrN2O2. The number of aliphatic hydroxyl groups excluding tert-OH is 1. The number of hydrogen-bond acceptors (Lipinski definition) is 2. The van der Waals surface area contributed by atoms with Gasteiger partial charge in [-0.3, -0.25) is 0 Å². The lowest BCUT2D eigenvalue weighted by Gasteiger charge is -2.23. The molecule has 0 aliphatic rings. The molecule has 1 rings (SSSR count). The lowest BCUT2D eigenvalue weighted by atomic mass is 10.1. The fourth-order valence-electron chi connectivity index (χ4n) is 1.24. The average Bonchev–Trinajstić information content (AvgIpc) is 2.24. The third-order valence-corrected chi connectivity index (χ3v) is 3.22. The van der Waals surface area contributed by atoms with Crippen LogP contribution in [-0.4, -0.2) is 23.3 Å². The molecule has 2 amide bonds. The summed E-state index contributed by atoms with van der Waals surface area (Å²) >= 11 is 3.40. The van der Waals surface area contributed by atoms with Gasteiger partial charge in [-0.2, -0.15) is 0 Å². The van der Waals surface area contributed by atoms with Crippen molar-refractivity contribution >= 4 is 27.6 Å². The minimum Gasteiger partial charge on any atom is -0.394 e. The highest BCUT2D eigenvalue weighted by Gasteiger charge is 2.19. The van der Waals surface area contributed by atoms with E-state index in [2.05, 4.69) is 26.6 Å². The summed E-state index contributed by atoms with van der Waals surface area (Å²) in [7, 11) is 0. The second-order valence-corrected chi connectivity index (χ2v) is 5.39. The normalized spacial score (nSPS) is 11.1. The molecule has 0 aliphatic heterocycles. The van der Waals surface area contributed by atoms with E-state index < -0.39 is 5.54 Å². The summed E-state index contributed by atoms with van der Waals surface area (Å²) < 4.78 is 0.941. The second-order valence-electron chi connectivity index (χ2n) is 4.53. The van der Waals surface area contributed by atoms with Crippen molar-refractivity contribution < 1.29 is 9.90 Å². The van der Waals surface area contributed by atoms with Gasteiger partial charge in [-0.15, -0.1) is 0 Å². The van der Waals surface area contributed by atoms with Crippen molar-refractivity contribution in [1.29, 1.82) is 0 Å². The van der Waals surface area contributed by atoms with Crippen LogP contribution in [0, 0.1) is 6.92 Å². The van der Waals surface area contributed by atoms with Crippen molar-refractivity contribution in [3.63, 3.8) is 0 Å². The summed E-state index contributed by atoms with van der Waals surface area (Å²) in [5.74, 6) is 0. The summed E-state index contributed by atoms with van der Waals surface area (Å²) in [5, 5.41) is 14.5. The van der Waals surface area contributed by atoms with Crippen LogP contribution >= 0.6 is 15.9 Å². The maximum atomic E-state index is 11.7. The highest BCUT2D eigenvalue weighted by molar-refractivity contribution is 9.10. The molecule has 17 heavy (non-hydrogen) atoms. The minimum absolute atomic E-state index is 0.113. The maximum absolute atomic E-state index is 11.7. The quantitative estimate of drug-likeness (QED) is 0.804. The van der Waals surface area contributed by atoms with Gasteiger partial charge in [0, 0.05) is 10.2 Å². The first kappa shape index (κ1) is 14.0. The summed E-state index contributed by atoms with van der Waals surface area (Å²) in [6, 6.07) is 5.26. The number of halogens is 1. The molecule has 0 aromatic heterocycles. The van der Waals surface area contributed by atoms with E-state index in [0.29, 0.717) is 0 Å². The van der Waals surface area contributed by atoms with Gasteiger partial charge in [0.15, 0.2) is 0 Å². The number of rotatable bonds is 3. The molecule has 0 aliphatic carbocycles. The maximum Gasteiger partial charge on any atom is 0.319 e. The molecule has 1 aromatic carbocycles. The van der Waals surface area contributed by atoms with Crippen LogP contribution in [0.15, 0.2) is 22.7 Å². The number of anilines is 1. The second kappa shape index (κ2) is 5.51. The molecule has 0 heterocycles. The van der Waals surface area contributed by atoms with E-state index in [1.54, 1.807) is 13.8 Å². The standard InChI is InChI=1S/C12H17BrN2O2/c1-8-9(13)5-4-6-10(8)14-11(17)15-12(2,3)7-16/h4-6,16H,7H2,1-3H3,(H2,14,15,17). The lowest BCUT2D eigenvalue weighted by molar-refractivity contribution is 0.187. The van der Waals surface area contributed by atoms with E-state index in [1.807, 2.05) is 25.1 Å². The van der Waals surface area contributed by atoms with Crippen molar-refractivity contribution in [1.82, 2.24) is 5.32 Å². The number of benzene rings is 1. The smallest absolute Gasteiger partial charge is 0.319 e. The van der Waals surface area contributed by atoms with Crippen LogP contribution in [-0.2, 0) is 0 Å². The molecule has 5 heteroatoms. The first-order valence-electron chi connectivity index (χ1n) is 5.31. The minimum atomic E-state index is -0.635. The first-order chi connectivity index (χ1) is 7.85. The number of amides is 2. The number of carbonyl (C=O) groups excluding carboxylic acids is 1. The summed E-state index contributed by atoms with van der Waals surface area (Å²) in [4.78, 5) is 11.7. The average molecular weight is 301 g/mol. The van der Waals surface area contributed by atoms with E-state index in [-0.39, 0.29) is 12.6 Å². The molecule has 0 radical (unpaired) electrons. The zero-order valence-corrected chi connectivity index (χ0v) is 11.8. The monoisotopic (exact) mass is 300 g/mol. The first-order valence-corrected chi connectivity index (χ1v) is 6.10. The van der Waals surface area contributed by atoms with Gasteiger partial charge in [0.05, 0.1) is 12.1 Å². The number of nitrogens with one attached hydrogen (secondary N) is 2. The van der Waals surface area contributed by atoms with Crippen LogP contribution in [0.1, 0.15) is 19.4 Å². The Balaban J connectivity index is 2.72. The third kappa shape index (κ3) is 4.02. The molecule has 0 atom stereocenters. The van der Waals surface area contributed by atoms with Gasteiger partial charge >= 0.3 is 6.03 Å². The molecule has 0 fully saturated rings. The highest BCUT2D eigenvalue weighted by Crippen LogP contribution is 2.23. The van der Waals surface area contributed by atoms with Crippen molar-refractivity contribution in [2.75, 3.05) is 11.9 Å². The molecule has 0 unspecified atom stereocenters.